The van der Waals surface area contributed by atoms with Crippen LogP contribution in [0, 0.1) is 9.39 Å². The molecule has 1 atom stereocenters. The van der Waals surface area contributed by atoms with E-state index in [0.717, 1.165) is 9.13 Å². The van der Waals surface area contributed by atoms with Gasteiger partial charge in [-0.2, -0.15) is 0 Å². The van der Waals surface area contributed by atoms with Crippen LogP contribution in [-0.2, 0) is 25.7 Å². The minimum Gasteiger partial charge on any atom is -0.490 e. The number of esters is 2. The highest BCUT2D eigenvalue weighted by Gasteiger charge is 2.34. The molecule has 0 N–H and O–H groups in total. The number of thiazole rings is 1. The van der Waals surface area contributed by atoms with E-state index in [1.165, 1.54) is 35.1 Å². The molecule has 0 saturated heterocycles. The Balaban J connectivity index is 1.59. The van der Waals surface area contributed by atoms with E-state index >= 15 is 0 Å². The standard InChI is InChI=1S/C37H36FIN2O9S/c1-6-46-28-18-24(11-14-27(28)49-20-31(42)45-5)33-32(36(44)48-8-3)21(4)40-37-41(33)35(43)30(51-37)17-23-15-26(39)34(29(16-23)47-7-2)50-19-22-9-12-25(38)13-10-22/h9-18,33H,6-8,19-20H2,1-5H3/b30-17-/t33-/m1/s1. The van der Waals surface area contributed by atoms with Crippen molar-refractivity contribution in [1.29, 1.82) is 0 Å². The number of ether oxygens (including phenoxy) is 6. The summed E-state index contributed by atoms with van der Waals surface area (Å²) in [5, 5.41) is 0. The molecular formula is C37H36FIN2O9S. The number of nitrogens with zero attached hydrogens (tertiary/aromatic N) is 2. The highest BCUT2D eigenvalue weighted by molar-refractivity contribution is 14.1. The lowest BCUT2D eigenvalue weighted by molar-refractivity contribution is -0.143. The lowest BCUT2D eigenvalue weighted by atomic mass is 9.95. The van der Waals surface area contributed by atoms with Gasteiger partial charge in [-0.25, -0.2) is 19.0 Å². The van der Waals surface area contributed by atoms with Crippen molar-refractivity contribution in [2.45, 2.75) is 40.3 Å². The van der Waals surface area contributed by atoms with Gasteiger partial charge in [-0.3, -0.25) is 9.36 Å². The summed E-state index contributed by atoms with van der Waals surface area (Å²) in [6.07, 6.45) is 1.74. The zero-order valence-corrected chi connectivity index (χ0v) is 31.6. The van der Waals surface area contributed by atoms with Gasteiger partial charge in [0.2, 0.25) is 0 Å². The van der Waals surface area contributed by atoms with E-state index in [9.17, 15) is 18.8 Å². The molecule has 51 heavy (non-hydrogen) atoms. The minimum absolute atomic E-state index is 0.127. The Kier molecular flexibility index (Phi) is 12.5. The summed E-state index contributed by atoms with van der Waals surface area (Å²) in [6, 6.07) is 13.8. The number of fused-ring (bicyclic) bond motifs is 1. The number of allylic oxidation sites excluding steroid dienone is 1. The Morgan fingerprint density at radius 1 is 0.941 bits per heavy atom. The summed E-state index contributed by atoms with van der Waals surface area (Å²) in [7, 11) is 1.26. The van der Waals surface area contributed by atoms with Crippen LogP contribution in [0.25, 0.3) is 6.08 Å². The molecule has 0 fully saturated rings. The molecule has 0 radical (unpaired) electrons. The number of hydrogen-bond donors (Lipinski definition) is 0. The first-order valence-electron chi connectivity index (χ1n) is 16.1. The Morgan fingerprint density at radius 2 is 1.67 bits per heavy atom. The largest absolute Gasteiger partial charge is 0.490 e. The fraction of sp³-hybridized carbons (Fsp3) is 0.297. The molecule has 4 aromatic rings. The van der Waals surface area contributed by atoms with E-state index in [-0.39, 0.29) is 36.8 Å². The van der Waals surface area contributed by atoms with Gasteiger partial charge in [0.15, 0.2) is 34.4 Å². The van der Waals surface area contributed by atoms with E-state index in [2.05, 4.69) is 32.3 Å². The van der Waals surface area contributed by atoms with Gasteiger partial charge in [0, 0.05) is 0 Å². The molecule has 0 bridgehead atoms. The lowest BCUT2D eigenvalue weighted by Gasteiger charge is -2.25. The molecule has 268 valence electrons. The molecule has 5 rings (SSSR count). The van der Waals surface area contributed by atoms with Crippen LogP contribution in [0.2, 0.25) is 0 Å². The summed E-state index contributed by atoms with van der Waals surface area (Å²) in [6.45, 7) is 7.74. The van der Waals surface area contributed by atoms with Crippen LogP contribution >= 0.6 is 33.9 Å². The molecular weight excluding hydrogens is 794 g/mol. The second-order valence-electron chi connectivity index (χ2n) is 11.0. The van der Waals surface area contributed by atoms with Gasteiger partial charge in [0.1, 0.15) is 12.4 Å². The van der Waals surface area contributed by atoms with Gasteiger partial charge in [-0.1, -0.05) is 29.5 Å². The number of halogens is 2. The second kappa shape index (κ2) is 17.0. The maximum Gasteiger partial charge on any atom is 0.343 e. The predicted molar refractivity (Wildman–Crippen MR) is 197 cm³/mol. The van der Waals surface area contributed by atoms with Crippen LogP contribution in [-0.4, -0.2) is 50.0 Å². The molecule has 0 saturated carbocycles. The monoisotopic (exact) mass is 830 g/mol. The summed E-state index contributed by atoms with van der Waals surface area (Å²) >= 11 is 3.34. The number of aromatic nitrogens is 1. The van der Waals surface area contributed by atoms with Crippen molar-refractivity contribution in [2.24, 2.45) is 4.99 Å². The topological polar surface area (TPSA) is 124 Å². The number of carbonyl (C=O) groups excluding carboxylic acids is 2. The third-order valence-electron chi connectivity index (χ3n) is 7.60. The highest BCUT2D eigenvalue weighted by Crippen LogP contribution is 2.37. The van der Waals surface area contributed by atoms with Gasteiger partial charge < -0.3 is 28.4 Å². The normalized spacial score (nSPS) is 14.0. The third-order valence-corrected chi connectivity index (χ3v) is 9.38. The Bertz CT molecular complexity index is 2140. The molecule has 2 heterocycles. The maximum absolute atomic E-state index is 14.3. The molecule has 3 aromatic carbocycles. The van der Waals surface area contributed by atoms with Gasteiger partial charge in [0.25, 0.3) is 5.56 Å². The van der Waals surface area contributed by atoms with E-state index in [0.29, 0.717) is 62.4 Å². The lowest BCUT2D eigenvalue weighted by Crippen LogP contribution is -2.40. The molecule has 0 aliphatic carbocycles. The fourth-order valence-electron chi connectivity index (χ4n) is 5.35. The molecule has 11 nitrogen and oxygen atoms in total. The van der Waals surface area contributed by atoms with Gasteiger partial charge in [-0.15, -0.1) is 0 Å². The molecule has 1 aromatic heterocycles. The van der Waals surface area contributed by atoms with Crippen molar-refractivity contribution in [2.75, 3.05) is 33.5 Å². The van der Waals surface area contributed by atoms with Crippen LogP contribution in [0.1, 0.15) is 50.4 Å². The average molecular weight is 831 g/mol. The number of methoxy groups -OCH3 is 1. The van der Waals surface area contributed by atoms with E-state index in [1.54, 1.807) is 63.2 Å². The van der Waals surface area contributed by atoms with Crippen molar-refractivity contribution in [1.82, 2.24) is 4.57 Å². The zero-order valence-electron chi connectivity index (χ0n) is 28.6. The van der Waals surface area contributed by atoms with Crippen molar-refractivity contribution in [3.8, 4) is 23.0 Å². The molecule has 1 aliphatic rings. The summed E-state index contributed by atoms with van der Waals surface area (Å²) in [5.74, 6) is 0.134. The predicted octanol–water partition coefficient (Wildman–Crippen LogP) is 5.47. The van der Waals surface area contributed by atoms with E-state index in [1.807, 2.05) is 13.0 Å². The summed E-state index contributed by atoms with van der Waals surface area (Å²) in [4.78, 5) is 44.5. The molecule has 0 unspecified atom stereocenters. The second-order valence-corrected chi connectivity index (χ2v) is 13.2. The highest BCUT2D eigenvalue weighted by atomic mass is 127. The van der Waals surface area contributed by atoms with Gasteiger partial charge >= 0.3 is 11.9 Å². The number of rotatable bonds is 14. The first-order chi connectivity index (χ1) is 24.6. The SMILES string of the molecule is CCOC(=O)C1=C(C)N=c2s/c(=C\c3cc(I)c(OCc4ccc(F)cc4)c(OCC)c3)c(=O)n2[C@@H]1c1ccc(OCC(=O)OC)c(OCC)c1. The fourth-order valence-corrected chi connectivity index (χ4v) is 7.17. The Hall–Kier alpha value is -4.70. The van der Waals surface area contributed by atoms with Crippen LogP contribution < -0.4 is 33.8 Å². The molecule has 14 heteroatoms. The van der Waals surface area contributed by atoms with Crippen molar-refractivity contribution in [3.63, 3.8) is 0 Å². The number of hydrogen-bond acceptors (Lipinski definition) is 11. The van der Waals surface area contributed by atoms with Crippen molar-refractivity contribution < 1.29 is 42.4 Å². The van der Waals surface area contributed by atoms with Gasteiger partial charge in [0.05, 0.1) is 52.3 Å². The van der Waals surface area contributed by atoms with Crippen molar-refractivity contribution in [3.05, 3.63) is 112 Å². The summed E-state index contributed by atoms with van der Waals surface area (Å²) in [5.41, 5.74) is 2.27. The zero-order chi connectivity index (χ0) is 36.7. The van der Waals surface area contributed by atoms with Crippen LogP contribution in [0.3, 0.4) is 0 Å². The molecule has 0 amide bonds. The average Bonchev–Trinajstić information content (AvgIpc) is 3.41. The Morgan fingerprint density at radius 3 is 2.35 bits per heavy atom. The first-order valence-corrected chi connectivity index (χ1v) is 18.0. The van der Waals surface area contributed by atoms with Crippen LogP contribution in [0.4, 0.5) is 4.39 Å². The van der Waals surface area contributed by atoms with Crippen molar-refractivity contribution >= 4 is 51.9 Å². The van der Waals surface area contributed by atoms with E-state index < -0.39 is 18.0 Å². The minimum atomic E-state index is -0.905. The first kappa shape index (κ1) is 37.6. The van der Waals surface area contributed by atoms with Crippen LogP contribution in [0.5, 0.6) is 23.0 Å². The molecule has 0 spiro atoms. The maximum atomic E-state index is 14.3. The number of carbonyl (C=O) groups is 2. The van der Waals surface area contributed by atoms with Crippen LogP contribution in [0.15, 0.2) is 75.7 Å². The third kappa shape index (κ3) is 8.61. The summed E-state index contributed by atoms with van der Waals surface area (Å²) < 4.78 is 49.6. The number of benzene rings is 3. The Labute approximate surface area is 311 Å². The quantitative estimate of drug-likeness (QED) is 0.120. The van der Waals surface area contributed by atoms with Gasteiger partial charge in [-0.05, 0) is 109 Å². The van der Waals surface area contributed by atoms with E-state index in [4.69, 9.17) is 23.7 Å². The smallest absolute Gasteiger partial charge is 0.343 e. The molecule has 1 aliphatic heterocycles.